The summed E-state index contributed by atoms with van der Waals surface area (Å²) in [6, 6.07) is 7.58. The van der Waals surface area contributed by atoms with E-state index in [1.165, 1.54) is 4.31 Å². The highest BCUT2D eigenvalue weighted by molar-refractivity contribution is 7.89. The minimum Gasteiger partial charge on any atom is -0.396 e. The zero-order valence-electron chi connectivity index (χ0n) is 11.2. The summed E-state index contributed by atoms with van der Waals surface area (Å²) in [5.74, 6) is 0.00952. The van der Waals surface area contributed by atoms with Gasteiger partial charge < -0.3 is 10.0 Å². The number of piperazine rings is 1. The van der Waals surface area contributed by atoms with Gasteiger partial charge in [-0.25, -0.2) is 8.42 Å². The van der Waals surface area contributed by atoms with Crippen molar-refractivity contribution in [2.75, 3.05) is 43.4 Å². The minimum atomic E-state index is -3.25. The average Bonchev–Trinajstić information content (AvgIpc) is 2.46. The van der Waals surface area contributed by atoms with Crippen LogP contribution in [0.15, 0.2) is 24.3 Å². The lowest BCUT2D eigenvalue weighted by molar-refractivity contribution is 0.293. The molecule has 0 aromatic heterocycles. The van der Waals surface area contributed by atoms with Crippen molar-refractivity contribution in [3.8, 4) is 0 Å². The summed E-state index contributed by atoms with van der Waals surface area (Å²) in [6.45, 7) is 2.07. The van der Waals surface area contributed by atoms with Crippen molar-refractivity contribution in [2.45, 2.75) is 6.42 Å². The number of hydrogen-bond donors (Lipinski definition) is 1. The second-order valence-corrected chi connectivity index (χ2v) is 7.23. The van der Waals surface area contributed by atoms with Crippen molar-refractivity contribution in [1.29, 1.82) is 0 Å². The highest BCUT2D eigenvalue weighted by atomic mass is 35.5. The smallest absolute Gasteiger partial charge is 0.214 e. The summed E-state index contributed by atoms with van der Waals surface area (Å²) in [5.41, 5.74) is 0.946. The first-order valence-corrected chi connectivity index (χ1v) is 8.61. The van der Waals surface area contributed by atoms with E-state index in [9.17, 15) is 8.42 Å². The predicted molar refractivity (Wildman–Crippen MR) is 80.7 cm³/mol. The molecule has 1 aliphatic heterocycles. The van der Waals surface area contributed by atoms with E-state index in [4.69, 9.17) is 16.7 Å². The summed E-state index contributed by atoms with van der Waals surface area (Å²) < 4.78 is 25.5. The summed E-state index contributed by atoms with van der Waals surface area (Å²) in [5, 5.41) is 9.43. The number of rotatable bonds is 5. The third-order valence-corrected chi connectivity index (χ3v) is 5.66. The maximum Gasteiger partial charge on any atom is 0.214 e. The van der Waals surface area contributed by atoms with E-state index < -0.39 is 10.0 Å². The van der Waals surface area contributed by atoms with Gasteiger partial charge in [-0.2, -0.15) is 4.31 Å². The summed E-state index contributed by atoms with van der Waals surface area (Å²) in [6.07, 6.45) is 0.285. The Morgan fingerprint density at radius 2 is 1.80 bits per heavy atom. The molecule has 0 aliphatic carbocycles. The van der Waals surface area contributed by atoms with Crippen LogP contribution in [-0.4, -0.2) is 56.4 Å². The molecule has 7 heteroatoms. The Hall–Kier alpha value is -0.820. The first-order valence-electron chi connectivity index (χ1n) is 6.63. The molecule has 1 N–H and O–H groups in total. The van der Waals surface area contributed by atoms with Crippen molar-refractivity contribution in [3.63, 3.8) is 0 Å². The second-order valence-electron chi connectivity index (χ2n) is 4.73. The van der Waals surface area contributed by atoms with Gasteiger partial charge in [-0.3, -0.25) is 0 Å². The van der Waals surface area contributed by atoms with Gasteiger partial charge in [-0.15, -0.1) is 0 Å². The number of anilines is 1. The van der Waals surface area contributed by atoms with Crippen LogP contribution >= 0.6 is 11.6 Å². The molecule has 20 heavy (non-hydrogen) atoms. The molecule has 0 amide bonds. The van der Waals surface area contributed by atoms with Crippen LogP contribution in [0, 0.1) is 0 Å². The van der Waals surface area contributed by atoms with Crippen molar-refractivity contribution in [2.24, 2.45) is 0 Å². The number of halogens is 1. The molecule has 1 aromatic carbocycles. The largest absolute Gasteiger partial charge is 0.396 e. The van der Waals surface area contributed by atoms with Crippen LogP contribution in [-0.2, 0) is 10.0 Å². The molecule has 0 bridgehead atoms. The van der Waals surface area contributed by atoms with E-state index in [0.717, 1.165) is 5.69 Å². The Labute approximate surface area is 124 Å². The molecule has 0 radical (unpaired) electrons. The third kappa shape index (κ3) is 3.63. The summed E-state index contributed by atoms with van der Waals surface area (Å²) in [7, 11) is -3.25. The first kappa shape index (κ1) is 15.6. The number of nitrogens with zero attached hydrogens (tertiary/aromatic N) is 2. The molecule has 0 atom stereocenters. The molecule has 1 aliphatic rings. The van der Waals surface area contributed by atoms with Crippen LogP contribution in [0.25, 0.3) is 0 Å². The van der Waals surface area contributed by atoms with Gasteiger partial charge >= 0.3 is 0 Å². The quantitative estimate of drug-likeness (QED) is 0.885. The van der Waals surface area contributed by atoms with E-state index in [-0.39, 0.29) is 18.8 Å². The summed E-state index contributed by atoms with van der Waals surface area (Å²) >= 11 is 6.15. The topological polar surface area (TPSA) is 60.9 Å². The fraction of sp³-hybridized carbons (Fsp3) is 0.538. The van der Waals surface area contributed by atoms with Gasteiger partial charge in [0, 0.05) is 32.8 Å². The van der Waals surface area contributed by atoms with Crippen LogP contribution in [0.3, 0.4) is 0 Å². The van der Waals surface area contributed by atoms with Gasteiger partial charge in [0.25, 0.3) is 0 Å². The monoisotopic (exact) mass is 318 g/mol. The average molecular weight is 319 g/mol. The molecule has 0 unspecified atom stereocenters. The van der Waals surface area contributed by atoms with Crippen LogP contribution in [0.4, 0.5) is 5.69 Å². The van der Waals surface area contributed by atoms with Crippen molar-refractivity contribution in [1.82, 2.24) is 4.31 Å². The van der Waals surface area contributed by atoms with Crippen molar-refractivity contribution >= 4 is 27.3 Å². The molecule has 1 saturated heterocycles. The standard InChI is InChI=1S/C13H19ClN2O3S/c14-12-4-1-2-5-13(12)15-6-8-16(9-7-15)20(18,19)11-3-10-17/h1-2,4-5,17H,3,6-11H2. The van der Waals surface area contributed by atoms with E-state index in [2.05, 4.69) is 4.90 Å². The first-order chi connectivity index (χ1) is 9.54. The van der Waals surface area contributed by atoms with Gasteiger partial charge in [0.15, 0.2) is 0 Å². The molecule has 2 rings (SSSR count). The van der Waals surface area contributed by atoms with Crippen LogP contribution in [0.2, 0.25) is 5.02 Å². The summed E-state index contributed by atoms with van der Waals surface area (Å²) in [4.78, 5) is 2.10. The zero-order valence-corrected chi connectivity index (χ0v) is 12.8. The molecule has 1 heterocycles. The zero-order chi connectivity index (χ0) is 14.6. The molecule has 0 spiro atoms. The number of hydrogen-bond acceptors (Lipinski definition) is 4. The minimum absolute atomic E-state index is 0.00952. The van der Waals surface area contributed by atoms with E-state index in [1.807, 2.05) is 24.3 Å². The highest BCUT2D eigenvalue weighted by Gasteiger charge is 2.26. The Bertz CT molecular complexity index is 542. The van der Waals surface area contributed by atoms with Crippen LogP contribution < -0.4 is 4.90 Å². The normalized spacial score (nSPS) is 17.4. The second kappa shape index (κ2) is 6.76. The highest BCUT2D eigenvalue weighted by Crippen LogP contribution is 2.26. The van der Waals surface area contributed by atoms with Gasteiger partial charge in [0.2, 0.25) is 10.0 Å². The van der Waals surface area contributed by atoms with Crippen molar-refractivity contribution < 1.29 is 13.5 Å². The maximum absolute atomic E-state index is 12.0. The van der Waals surface area contributed by atoms with Gasteiger partial charge in [0.1, 0.15) is 0 Å². The van der Waals surface area contributed by atoms with E-state index >= 15 is 0 Å². The molecular formula is C13H19ClN2O3S. The lowest BCUT2D eigenvalue weighted by Gasteiger charge is -2.35. The number of aliphatic hydroxyl groups is 1. The van der Waals surface area contributed by atoms with E-state index in [0.29, 0.717) is 31.2 Å². The molecule has 0 saturated carbocycles. The Morgan fingerprint density at radius 1 is 1.15 bits per heavy atom. The van der Waals surface area contributed by atoms with Gasteiger partial charge in [-0.05, 0) is 18.6 Å². The van der Waals surface area contributed by atoms with Gasteiger partial charge in [-0.1, -0.05) is 23.7 Å². The fourth-order valence-corrected chi connectivity index (χ4v) is 4.02. The van der Waals surface area contributed by atoms with Crippen molar-refractivity contribution in [3.05, 3.63) is 29.3 Å². The third-order valence-electron chi connectivity index (χ3n) is 3.39. The maximum atomic E-state index is 12.0. The number of aliphatic hydroxyl groups excluding tert-OH is 1. The number of sulfonamides is 1. The number of benzene rings is 1. The lowest BCUT2D eigenvalue weighted by atomic mass is 10.2. The molecule has 1 aromatic rings. The molecular weight excluding hydrogens is 300 g/mol. The van der Waals surface area contributed by atoms with Crippen LogP contribution in [0.5, 0.6) is 0 Å². The van der Waals surface area contributed by atoms with Crippen LogP contribution in [0.1, 0.15) is 6.42 Å². The molecule has 1 fully saturated rings. The van der Waals surface area contributed by atoms with E-state index in [1.54, 1.807) is 0 Å². The SMILES string of the molecule is O=S(=O)(CCCO)N1CCN(c2ccccc2Cl)CC1. The predicted octanol–water partition coefficient (Wildman–Crippen LogP) is 1.17. The lowest BCUT2D eigenvalue weighted by Crippen LogP contribution is -2.49. The number of para-hydroxylation sites is 1. The Balaban J connectivity index is 1.98. The van der Waals surface area contributed by atoms with Gasteiger partial charge in [0.05, 0.1) is 16.5 Å². The molecule has 5 nitrogen and oxygen atoms in total. The fourth-order valence-electron chi connectivity index (χ4n) is 2.29. The Morgan fingerprint density at radius 3 is 2.40 bits per heavy atom. The molecule has 112 valence electrons. The Kier molecular flexibility index (Phi) is 5.26.